The van der Waals surface area contributed by atoms with Gasteiger partial charge in [-0.15, -0.1) is 12.4 Å². The first-order valence-electron chi connectivity index (χ1n) is 9.28. The Labute approximate surface area is 173 Å². The number of fused-ring (bicyclic) bond motifs is 1. The van der Waals surface area contributed by atoms with E-state index in [2.05, 4.69) is 15.1 Å². The van der Waals surface area contributed by atoms with Gasteiger partial charge in [0.1, 0.15) is 12.0 Å². The minimum absolute atomic E-state index is 0. The highest BCUT2D eigenvalue weighted by Crippen LogP contribution is 2.30. The topological polar surface area (TPSA) is 67.2 Å². The average Bonchev–Trinajstić information content (AvgIpc) is 3.39. The van der Waals surface area contributed by atoms with Gasteiger partial charge in [-0.25, -0.2) is 14.2 Å². The maximum absolute atomic E-state index is 13.5. The molecule has 2 aliphatic heterocycles. The molecule has 3 aromatic heterocycles. The molecule has 3 aromatic rings. The summed E-state index contributed by atoms with van der Waals surface area (Å²) in [5.74, 6) is 0.784. The first-order valence-corrected chi connectivity index (χ1v) is 9.28. The van der Waals surface area contributed by atoms with Crippen molar-refractivity contribution in [1.82, 2.24) is 19.7 Å². The molecule has 5 heterocycles. The number of nitrogens with zero attached hydrogens (tertiary/aromatic N) is 6. The predicted octanol–water partition coefficient (Wildman–Crippen LogP) is 3.61. The summed E-state index contributed by atoms with van der Waals surface area (Å²) in [6.07, 6.45) is 3.10. The number of rotatable bonds is 3. The van der Waals surface area contributed by atoms with Gasteiger partial charge in [0.15, 0.2) is 0 Å². The summed E-state index contributed by atoms with van der Waals surface area (Å²) < 4.78 is 14.9. The van der Waals surface area contributed by atoms with Gasteiger partial charge in [0, 0.05) is 24.0 Å². The van der Waals surface area contributed by atoms with Crippen LogP contribution in [0.4, 0.5) is 20.7 Å². The molecule has 0 radical (unpaired) electrons. The van der Waals surface area contributed by atoms with Gasteiger partial charge in [0.05, 0.1) is 36.4 Å². The molecule has 0 aliphatic carbocycles. The lowest BCUT2D eigenvalue weighted by atomic mass is 10.1. The summed E-state index contributed by atoms with van der Waals surface area (Å²) in [7, 11) is 0. The van der Waals surface area contributed by atoms with E-state index in [4.69, 9.17) is 0 Å². The molecule has 5 rings (SSSR count). The third-order valence-corrected chi connectivity index (χ3v) is 5.27. The monoisotopic (exact) mass is 414 g/mol. The van der Waals surface area contributed by atoms with Crippen molar-refractivity contribution in [2.75, 3.05) is 22.9 Å². The second-order valence-corrected chi connectivity index (χ2v) is 7.15. The van der Waals surface area contributed by atoms with E-state index in [-0.39, 0.29) is 18.4 Å². The molecule has 0 aromatic carbocycles. The first kappa shape index (κ1) is 19.3. The Kier molecular flexibility index (Phi) is 4.96. The lowest BCUT2D eigenvalue weighted by Crippen LogP contribution is -2.26. The van der Waals surface area contributed by atoms with Crippen LogP contribution in [0, 0.1) is 6.92 Å². The predicted molar refractivity (Wildman–Crippen MR) is 110 cm³/mol. The summed E-state index contributed by atoms with van der Waals surface area (Å²) in [4.78, 5) is 25.0. The maximum atomic E-state index is 13.5. The number of alkyl halides is 1. The molecule has 150 valence electrons. The fourth-order valence-corrected chi connectivity index (χ4v) is 3.81. The largest absolute Gasteiger partial charge is 0.354 e. The van der Waals surface area contributed by atoms with Crippen molar-refractivity contribution in [3.63, 3.8) is 0 Å². The van der Waals surface area contributed by atoms with E-state index < -0.39 is 6.17 Å². The molecular formula is C20H20ClFN6O. The van der Waals surface area contributed by atoms with Gasteiger partial charge in [-0.3, -0.25) is 9.88 Å². The van der Waals surface area contributed by atoms with Crippen LogP contribution in [0.15, 0.2) is 42.7 Å². The molecule has 0 spiro atoms. The van der Waals surface area contributed by atoms with Gasteiger partial charge in [0.2, 0.25) is 0 Å². The number of hydrogen-bond donors (Lipinski definition) is 0. The van der Waals surface area contributed by atoms with E-state index in [0.717, 1.165) is 34.2 Å². The normalized spacial score (nSPS) is 18.1. The van der Waals surface area contributed by atoms with E-state index in [1.54, 1.807) is 23.4 Å². The number of hydrogen-bond acceptors (Lipinski definition) is 5. The fraction of sp³-hybridized carbons (Fsp3) is 0.300. The van der Waals surface area contributed by atoms with Gasteiger partial charge in [-0.05, 0) is 43.7 Å². The van der Waals surface area contributed by atoms with Crippen LogP contribution >= 0.6 is 12.4 Å². The van der Waals surface area contributed by atoms with E-state index in [1.165, 1.54) is 4.68 Å². The van der Waals surface area contributed by atoms with Crippen LogP contribution in [0.5, 0.6) is 0 Å². The average molecular weight is 415 g/mol. The van der Waals surface area contributed by atoms with E-state index >= 15 is 0 Å². The Bertz CT molecular complexity index is 1060. The third-order valence-electron chi connectivity index (χ3n) is 5.27. The van der Waals surface area contributed by atoms with Gasteiger partial charge in [-0.1, -0.05) is 0 Å². The molecule has 2 aliphatic rings. The second-order valence-electron chi connectivity index (χ2n) is 7.15. The quantitative estimate of drug-likeness (QED) is 0.655. The zero-order valence-corrected chi connectivity index (χ0v) is 16.6. The molecule has 1 atom stereocenters. The van der Waals surface area contributed by atoms with Gasteiger partial charge >= 0.3 is 6.03 Å². The highest BCUT2D eigenvalue weighted by Gasteiger charge is 2.31. The molecule has 1 saturated heterocycles. The first-order chi connectivity index (χ1) is 13.6. The Morgan fingerprint density at radius 2 is 2.10 bits per heavy atom. The van der Waals surface area contributed by atoms with Crippen LogP contribution < -0.4 is 9.80 Å². The molecule has 0 saturated carbocycles. The maximum Gasteiger partial charge on any atom is 0.349 e. The van der Waals surface area contributed by atoms with Crippen LogP contribution in [0.3, 0.4) is 0 Å². The van der Waals surface area contributed by atoms with Crippen molar-refractivity contribution in [1.29, 1.82) is 0 Å². The molecule has 1 fully saturated rings. The molecule has 7 nitrogen and oxygen atoms in total. The van der Waals surface area contributed by atoms with Crippen molar-refractivity contribution in [3.05, 3.63) is 54.1 Å². The molecule has 1 amide bonds. The molecule has 29 heavy (non-hydrogen) atoms. The number of carbonyl (C=O) groups excluding carboxylic acids is 1. The minimum Gasteiger partial charge on any atom is -0.354 e. The van der Waals surface area contributed by atoms with Crippen LogP contribution in [0.2, 0.25) is 0 Å². The summed E-state index contributed by atoms with van der Waals surface area (Å²) in [6, 6.07) is 9.23. The zero-order valence-electron chi connectivity index (χ0n) is 15.8. The summed E-state index contributed by atoms with van der Waals surface area (Å²) >= 11 is 0. The number of amides is 1. The minimum atomic E-state index is -0.785. The van der Waals surface area contributed by atoms with Crippen LogP contribution in [0.25, 0.3) is 11.3 Å². The molecule has 0 bridgehead atoms. The number of anilines is 2. The standard InChI is InChI=1S/C20H19FN6O.ClH/c1-13-17(4-5-19(23-13)25-8-6-14(21)11-25)18-9-16-12-26(20(28)27(16)24-18)15-3-2-7-22-10-15;/h2-5,7,9-10,14H,6,8,11-12H2,1H3;1H. The lowest BCUT2D eigenvalue weighted by Gasteiger charge is -2.17. The highest BCUT2D eigenvalue weighted by atomic mass is 35.5. The zero-order chi connectivity index (χ0) is 19.3. The number of carbonyl (C=O) groups is 1. The number of aryl methyl sites for hydroxylation is 1. The van der Waals surface area contributed by atoms with Crippen molar-refractivity contribution >= 4 is 29.9 Å². The Balaban J connectivity index is 0.00000205. The molecule has 1 unspecified atom stereocenters. The summed E-state index contributed by atoms with van der Waals surface area (Å²) in [6.45, 7) is 3.44. The second kappa shape index (κ2) is 7.44. The number of pyridine rings is 2. The SMILES string of the molecule is Cc1nc(N2CCC(F)C2)ccc1-c1cc2n(n1)C(=O)N(c1cccnc1)C2.Cl. The Morgan fingerprint density at radius 3 is 2.76 bits per heavy atom. The van der Waals surface area contributed by atoms with Crippen molar-refractivity contribution in [3.8, 4) is 11.3 Å². The van der Waals surface area contributed by atoms with Gasteiger partial charge in [-0.2, -0.15) is 9.78 Å². The Morgan fingerprint density at radius 1 is 1.24 bits per heavy atom. The van der Waals surface area contributed by atoms with Crippen molar-refractivity contribution in [2.24, 2.45) is 0 Å². The van der Waals surface area contributed by atoms with Crippen LogP contribution in [-0.2, 0) is 6.54 Å². The summed E-state index contributed by atoms with van der Waals surface area (Å²) in [5, 5.41) is 4.51. The van der Waals surface area contributed by atoms with E-state index in [9.17, 15) is 9.18 Å². The Hall–Kier alpha value is -3.00. The molecular weight excluding hydrogens is 395 g/mol. The van der Waals surface area contributed by atoms with Crippen molar-refractivity contribution in [2.45, 2.75) is 26.1 Å². The van der Waals surface area contributed by atoms with Gasteiger partial charge < -0.3 is 4.90 Å². The van der Waals surface area contributed by atoms with E-state index in [1.807, 2.05) is 36.1 Å². The highest BCUT2D eigenvalue weighted by molar-refractivity contribution is 5.96. The van der Waals surface area contributed by atoms with Crippen LogP contribution in [0.1, 0.15) is 17.8 Å². The third kappa shape index (κ3) is 3.33. The molecule has 0 N–H and O–H groups in total. The summed E-state index contributed by atoms with van der Waals surface area (Å²) in [5.41, 5.74) is 3.98. The van der Waals surface area contributed by atoms with Crippen LogP contribution in [-0.4, -0.2) is 45.0 Å². The fourth-order valence-electron chi connectivity index (χ4n) is 3.81. The lowest BCUT2D eigenvalue weighted by molar-refractivity contribution is 0.248. The number of aromatic nitrogens is 4. The van der Waals surface area contributed by atoms with E-state index in [0.29, 0.717) is 26.1 Å². The van der Waals surface area contributed by atoms with Crippen molar-refractivity contribution < 1.29 is 9.18 Å². The number of halogens is 2. The molecule has 9 heteroatoms. The smallest absolute Gasteiger partial charge is 0.349 e. The van der Waals surface area contributed by atoms with Gasteiger partial charge in [0.25, 0.3) is 0 Å².